The van der Waals surface area contributed by atoms with Gasteiger partial charge in [0, 0.05) is 7.11 Å². The molecule has 0 aromatic carbocycles. The molecule has 1 atom stereocenters. The van der Waals surface area contributed by atoms with E-state index in [0.717, 1.165) is 37.9 Å². The summed E-state index contributed by atoms with van der Waals surface area (Å²) in [6.45, 7) is 1.17. The number of ether oxygens (including phenoxy) is 2. The molecule has 0 amide bonds. The van der Waals surface area contributed by atoms with Gasteiger partial charge < -0.3 is 14.6 Å². The molecule has 3 heteroatoms. The minimum atomic E-state index is -0.755. The molecule has 1 aliphatic heterocycles. The molecule has 2 rings (SSSR count). The molecule has 1 aliphatic carbocycles. The third-order valence-corrected chi connectivity index (χ3v) is 3.11. The van der Waals surface area contributed by atoms with E-state index < -0.39 is 5.60 Å². The Kier molecular flexibility index (Phi) is 2.79. The van der Waals surface area contributed by atoms with E-state index in [1.165, 1.54) is 0 Å². The highest BCUT2D eigenvalue weighted by Gasteiger charge is 2.46. The summed E-state index contributed by atoms with van der Waals surface area (Å²) in [4.78, 5) is 0. The maximum absolute atomic E-state index is 10.5. The van der Waals surface area contributed by atoms with Crippen molar-refractivity contribution in [2.45, 2.75) is 31.3 Å². The third kappa shape index (κ3) is 1.79. The lowest BCUT2D eigenvalue weighted by atomic mass is 9.86. The summed E-state index contributed by atoms with van der Waals surface area (Å²) >= 11 is 0. The molecule has 1 fully saturated rings. The number of hydrogen-bond donors (Lipinski definition) is 1. The molecule has 1 N–H and O–H groups in total. The fourth-order valence-corrected chi connectivity index (χ4v) is 2.14. The first kappa shape index (κ1) is 9.99. The fourth-order valence-electron chi connectivity index (χ4n) is 2.14. The van der Waals surface area contributed by atoms with E-state index in [1.807, 2.05) is 0 Å². The van der Waals surface area contributed by atoms with Crippen molar-refractivity contribution in [2.75, 3.05) is 20.3 Å². The van der Waals surface area contributed by atoms with Crippen molar-refractivity contribution in [3.8, 4) is 0 Å². The Hall–Kier alpha value is -0.540. The first-order valence-electron chi connectivity index (χ1n) is 5.30. The van der Waals surface area contributed by atoms with Crippen molar-refractivity contribution in [3.05, 3.63) is 11.8 Å². The highest BCUT2D eigenvalue weighted by molar-refractivity contribution is 5.21. The van der Waals surface area contributed by atoms with Crippen LogP contribution in [0.25, 0.3) is 0 Å². The highest BCUT2D eigenvalue weighted by atomic mass is 16.5. The van der Waals surface area contributed by atoms with E-state index in [1.54, 1.807) is 13.4 Å². The molecule has 0 bridgehead atoms. The topological polar surface area (TPSA) is 38.7 Å². The van der Waals surface area contributed by atoms with Gasteiger partial charge in [0.25, 0.3) is 0 Å². The molecule has 1 unspecified atom stereocenters. The van der Waals surface area contributed by atoms with E-state index in [4.69, 9.17) is 9.47 Å². The monoisotopic (exact) mass is 198 g/mol. The van der Waals surface area contributed by atoms with Gasteiger partial charge in [-0.05, 0) is 37.2 Å². The predicted octanol–water partition coefficient (Wildman–Crippen LogP) is 1.47. The molecule has 80 valence electrons. The maximum Gasteiger partial charge on any atom is 0.115 e. The van der Waals surface area contributed by atoms with Crippen molar-refractivity contribution in [1.29, 1.82) is 0 Å². The van der Waals surface area contributed by atoms with Crippen LogP contribution in [0.1, 0.15) is 25.7 Å². The number of aliphatic hydroxyl groups is 1. The normalized spacial score (nSPS) is 26.3. The standard InChI is InChI=1S/C11H18O3/c1-13-8-11(12,9-4-5-9)10-3-2-6-14-7-10/h7,9,12H,2-6,8H2,1H3. The van der Waals surface area contributed by atoms with Gasteiger partial charge in [0.15, 0.2) is 0 Å². The molecule has 14 heavy (non-hydrogen) atoms. The SMILES string of the molecule is COCC(O)(C1=COCCC1)C1CC1. The van der Waals surface area contributed by atoms with Gasteiger partial charge >= 0.3 is 0 Å². The lowest BCUT2D eigenvalue weighted by Gasteiger charge is -2.32. The molecule has 2 aliphatic rings. The van der Waals surface area contributed by atoms with Gasteiger partial charge in [-0.25, -0.2) is 0 Å². The summed E-state index contributed by atoms with van der Waals surface area (Å²) in [6, 6.07) is 0. The molecule has 1 saturated carbocycles. The predicted molar refractivity (Wildman–Crippen MR) is 52.8 cm³/mol. The molecule has 0 aromatic rings. The molecular weight excluding hydrogens is 180 g/mol. The number of rotatable bonds is 4. The Morgan fingerprint density at radius 2 is 2.43 bits per heavy atom. The highest BCUT2D eigenvalue weighted by Crippen LogP contribution is 2.45. The van der Waals surface area contributed by atoms with Crippen molar-refractivity contribution < 1.29 is 14.6 Å². The second-order valence-corrected chi connectivity index (χ2v) is 4.25. The van der Waals surface area contributed by atoms with Crippen molar-refractivity contribution in [1.82, 2.24) is 0 Å². The summed E-state index contributed by atoms with van der Waals surface area (Å²) in [7, 11) is 1.64. The molecule has 0 aromatic heterocycles. The molecule has 3 nitrogen and oxygen atoms in total. The fraction of sp³-hybridized carbons (Fsp3) is 0.818. The van der Waals surface area contributed by atoms with Crippen molar-refractivity contribution >= 4 is 0 Å². The van der Waals surface area contributed by atoms with Gasteiger partial charge in [-0.1, -0.05) is 0 Å². The van der Waals surface area contributed by atoms with Gasteiger partial charge in [-0.3, -0.25) is 0 Å². The Morgan fingerprint density at radius 1 is 1.64 bits per heavy atom. The zero-order valence-corrected chi connectivity index (χ0v) is 8.66. The number of methoxy groups -OCH3 is 1. The van der Waals surface area contributed by atoms with Crippen LogP contribution < -0.4 is 0 Å². The van der Waals surface area contributed by atoms with E-state index in [0.29, 0.717) is 12.5 Å². The largest absolute Gasteiger partial charge is 0.501 e. The molecule has 1 heterocycles. The van der Waals surface area contributed by atoms with Gasteiger partial charge in [0.2, 0.25) is 0 Å². The third-order valence-electron chi connectivity index (χ3n) is 3.11. The average molecular weight is 198 g/mol. The minimum absolute atomic E-state index is 0.385. The van der Waals surface area contributed by atoms with E-state index in [9.17, 15) is 5.11 Å². The Balaban J connectivity index is 2.11. The maximum atomic E-state index is 10.5. The van der Waals surface area contributed by atoms with Gasteiger partial charge in [-0.2, -0.15) is 0 Å². The summed E-state index contributed by atoms with van der Waals surface area (Å²) in [5, 5.41) is 10.5. The summed E-state index contributed by atoms with van der Waals surface area (Å²) in [5.74, 6) is 0.385. The van der Waals surface area contributed by atoms with Crippen LogP contribution in [0.5, 0.6) is 0 Å². The second-order valence-electron chi connectivity index (χ2n) is 4.25. The van der Waals surface area contributed by atoms with Crippen LogP contribution in [-0.4, -0.2) is 31.0 Å². The molecule has 0 spiro atoms. The second kappa shape index (κ2) is 3.91. The smallest absolute Gasteiger partial charge is 0.115 e. The van der Waals surface area contributed by atoms with E-state index in [-0.39, 0.29) is 0 Å². The van der Waals surface area contributed by atoms with Crippen molar-refractivity contribution in [3.63, 3.8) is 0 Å². The van der Waals surface area contributed by atoms with Crippen LogP contribution in [0.15, 0.2) is 11.8 Å². The van der Waals surface area contributed by atoms with E-state index >= 15 is 0 Å². The average Bonchev–Trinajstić information content (AvgIpc) is 3.03. The summed E-state index contributed by atoms with van der Waals surface area (Å²) in [6.07, 6.45) is 5.90. The minimum Gasteiger partial charge on any atom is -0.501 e. The van der Waals surface area contributed by atoms with Gasteiger partial charge in [0.1, 0.15) is 5.60 Å². The number of hydrogen-bond acceptors (Lipinski definition) is 3. The quantitative estimate of drug-likeness (QED) is 0.743. The van der Waals surface area contributed by atoms with Gasteiger partial charge in [0.05, 0.1) is 19.5 Å². The van der Waals surface area contributed by atoms with Crippen LogP contribution in [0.2, 0.25) is 0 Å². The van der Waals surface area contributed by atoms with Crippen LogP contribution in [0, 0.1) is 5.92 Å². The van der Waals surface area contributed by atoms with Crippen LogP contribution >= 0.6 is 0 Å². The van der Waals surface area contributed by atoms with Crippen molar-refractivity contribution in [2.24, 2.45) is 5.92 Å². The summed E-state index contributed by atoms with van der Waals surface area (Å²) in [5.41, 5.74) is 0.267. The van der Waals surface area contributed by atoms with Crippen LogP contribution in [0.4, 0.5) is 0 Å². The van der Waals surface area contributed by atoms with Gasteiger partial charge in [-0.15, -0.1) is 0 Å². The van der Waals surface area contributed by atoms with E-state index in [2.05, 4.69) is 0 Å². The summed E-state index contributed by atoms with van der Waals surface area (Å²) < 4.78 is 10.4. The Bertz CT molecular complexity index is 233. The Labute approximate surface area is 84.7 Å². The first-order valence-corrected chi connectivity index (χ1v) is 5.30. The van der Waals surface area contributed by atoms with Crippen LogP contribution in [-0.2, 0) is 9.47 Å². The first-order chi connectivity index (χ1) is 6.77. The molecule has 0 radical (unpaired) electrons. The zero-order valence-electron chi connectivity index (χ0n) is 8.66. The van der Waals surface area contributed by atoms with Crippen LogP contribution in [0.3, 0.4) is 0 Å². The molecule has 0 saturated heterocycles. The Morgan fingerprint density at radius 3 is 2.93 bits per heavy atom. The molecular formula is C11H18O3. The zero-order chi connectivity index (χ0) is 10.0. The lowest BCUT2D eigenvalue weighted by molar-refractivity contribution is -0.0266. The lowest BCUT2D eigenvalue weighted by Crippen LogP contribution is -2.39.